The van der Waals surface area contributed by atoms with Crippen LogP contribution in [0.2, 0.25) is 0 Å². The molecule has 3 aromatic rings. The van der Waals surface area contributed by atoms with Crippen molar-refractivity contribution >= 4 is 27.5 Å². The maximum atomic E-state index is 14.0. The van der Waals surface area contributed by atoms with E-state index >= 15 is 0 Å². The number of hydrogen-bond donors (Lipinski definition) is 1. The Kier molecular flexibility index (Phi) is 10.3. The van der Waals surface area contributed by atoms with Crippen LogP contribution >= 0.6 is 0 Å². The van der Waals surface area contributed by atoms with Gasteiger partial charge in [-0.25, -0.2) is 8.42 Å². The van der Waals surface area contributed by atoms with E-state index in [2.05, 4.69) is 5.32 Å². The number of sulfonamides is 1. The zero-order valence-electron chi connectivity index (χ0n) is 22.7. The average molecular weight is 554 g/mol. The van der Waals surface area contributed by atoms with Crippen molar-refractivity contribution in [2.45, 2.75) is 25.9 Å². The number of anilines is 1. The molecular formula is C29H35N3O6S. The van der Waals surface area contributed by atoms with Gasteiger partial charge in [-0.1, -0.05) is 60.7 Å². The fourth-order valence-electron chi connectivity index (χ4n) is 4.21. The Labute approximate surface area is 230 Å². The molecule has 0 radical (unpaired) electrons. The first-order valence-electron chi connectivity index (χ1n) is 12.5. The number of rotatable bonds is 13. The molecular weight excluding hydrogens is 518 g/mol. The van der Waals surface area contributed by atoms with Gasteiger partial charge in [0.25, 0.3) is 0 Å². The number of hydrogen-bond acceptors (Lipinski definition) is 6. The minimum absolute atomic E-state index is 0.117. The van der Waals surface area contributed by atoms with E-state index in [1.165, 1.54) is 25.2 Å². The first-order chi connectivity index (χ1) is 18.7. The Morgan fingerprint density at radius 1 is 0.897 bits per heavy atom. The SMILES string of the molecule is CCNC(=O)C(Cc1ccccc1)N(Cc1ccccc1)C(=O)CN(c1ccc(OC)cc1OC)S(C)(=O)=O. The molecule has 0 aromatic heterocycles. The molecule has 208 valence electrons. The van der Waals surface area contributed by atoms with Crippen molar-refractivity contribution in [1.29, 1.82) is 0 Å². The third-order valence-corrected chi connectivity index (χ3v) is 7.28. The molecule has 0 aliphatic carbocycles. The van der Waals surface area contributed by atoms with Crippen LogP contribution in [0.1, 0.15) is 18.1 Å². The predicted octanol–water partition coefficient (Wildman–Crippen LogP) is 3.25. The summed E-state index contributed by atoms with van der Waals surface area (Å²) < 4.78 is 37.6. The first kappa shape index (κ1) is 29.5. The fraction of sp³-hybridized carbons (Fsp3) is 0.310. The quantitative estimate of drug-likeness (QED) is 0.349. The van der Waals surface area contributed by atoms with Gasteiger partial charge in [0.2, 0.25) is 21.8 Å². The van der Waals surface area contributed by atoms with Crippen molar-refractivity contribution in [3.8, 4) is 11.5 Å². The van der Waals surface area contributed by atoms with E-state index < -0.39 is 28.5 Å². The lowest BCUT2D eigenvalue weighted by atomic mass is 10.0. The summed E-state index contributed by atoms with van der Waals surface area (Å²) in [5.74, 6) is -0.153. The number of carbonyl (C=O) groups is 2. The van der Waals surface area contributed by atoms with Crippen molar-refractivity contribution in [2.75, 3.05) is 37.9 Å². The van der Waals surface area contributed by atoms with Gasteiger partial charge in [-0.15, -0.1) is 0 Å². The molecule has 0 bridgehead atoms. The third kappa shape index (κ3) is 7.97. The van der Waals surface area contributed by atoms with Crippen molar-refractivity contribution in [1.82, 2.24) is 10.2 Å². The van der Waals surface area contributed by atoms with E-state index in [0.717, 1.165) is 21.7 Å². The largest absolute Gasteiger partial charge is 0.497 e. The minimum Gasteiger partial charge on any atom is -0.497 e. The number of amides is 2. The van der Waals surface area contributed by atoms with E-state index in [0.29, 0.717) is 12.3 Å². The smallest absolute Gasteiger partial charge is 0.244 e. The van der Waals surface area contributed by atoms with Gasteiger partial charge in [-0.05, 0) is 30.2 Å². The molecule has 0 heterocycles. The van der Waals surface area contributed by atoms with Crippen molar-refractivity contribution in [2.24, 2.45) is 0 Å². The highest BCUT2D eigenvalue weighted by Gasteiger charge is 2.33. The van der Waals surface area contributed by atoms with Crippen molar-refractivity contribution < 1.29 is 27.5 Å². The van der Waals surface area contributed by atoms with Gasteiger partial charge in [0.1, 0.15) is 24.1 Å². The summed E-state index contributed by atoms with van der Waals surface area (Å²) in [7, 11) is -1.02. The van der Waals surface area contributed by atoms with Gasteiger partial charge in [-0.3, -0.25) is 13.9 Å². The second-order valence-electron chi connectivity index (χ2n) is 8.91. The normalized spacial score (nSPS) is 11.8. The summed E-state index contributed by atoms with van der Waals surface area (Å²) in [6.07, 6.45) is 1.28. The van der Waals surface area contributed by atoms with Crippen LogP contribution in [-0.4, -0.2) is 64.7 Å². The molecule has 0 spiro atoms. The van der Waals surface area contributed by atoms with Crippen LogP contribution in [0, 0.1) is 0 Å². The highest BCUT2D eigenvalue weighted by atomic mass is 32.2. The minimum atomic E-state index is -3.92. The summed E-state index contributed by atoms with van der Waals surface area (Å²) >= 11 is 0. The molecule has 0 saturated carbocycles. The second-order valence-corrected chi connectivity index (χ2v) is 10.8. The van der Waals surface area contributed by atoms with Crippen LogP contribution < -0.4 is 19.1 Å². The van der Waals surface area contributed by atoms with E-state index in [9.17, 15) is 18.0 Å². The Balaban J connectivity index is 2.05. The molecule has 0 saturated heterocycles. The van der Waals surface area contributed by atoms with Gasteiger partial charge in [0.05, 0.1) is 26.2 Å². The molecule has 0 fully saturated rings. The van der Waals surface area contributed by atoms with Crippen LogP contribution in [0.5, 0.6) is 11.5 Å². The number of carbonyl (C=O) groups excluding carboxylic acids is 2. The molecule has 3 rings (SSSR count). The van der Waals surface area contributed by atoms with Gasteiger partial charge < -0.3 is 19.7 Å². The Hall–Kier alpha value is -4.05. The van der Waals surface area contributed by atoms with E-state index in [1.807, 2.05) is 67.6 Å². The van der Waals surface area contributed by atoms with Crippen LogP contribution in [0.15, 0.2) is 78.9 Å². The Morgan fingerprint density at radius 3 is 2.05 bits per heavy atom. The predicted molar refractivity (Wildman–Crippen MR) is 151 cm³/mol. The summed E-state index contributed by atoms with van der Waals surface area (Å²) in [6.45, 7) is 1.78. The number of methoxy groups -OCH3 is 2. The standard InChI is InChI=1S/C29H35N3O6S/c1-5-30-29(34)26(18-22-12-8-6-9-13-22)31(20-23-14-10-7-11-15-23)28(33)21-32(39(4,35)36)25-17-16-24(37-2)19-27(25)38-3/h6-17,19,26H,5,18,20-21H2,1-4H3,(H,30,34). The lowest BCUT2D eigenvalue weighted by Crippen LogP contribution is -2.53. The lowest BCUT2D eigenvalue weighted by Gasteiger charge is -2.33. The van der Waals surface area contributed by atoms with E-state index in [1.54, 1.807) is 12.1 Å². The second kappa shape index (κ2) is 13.7. The zero-order chi connectivity index (χ0) is 28.4. The van der Waals surface area contributed by atoms with Gasteiger partial charge in [-0.2, -0.15) is 0 Å². The molecule has 1 N–H and O–H groups in total. The fourth-order valence-corrected chi connectivity index (χ4v) is 5.06. The van der Waals surface area contributed by atoms with Crippen LogP contribution in [0.25, 0.3) is 0 Å². The third-order valence-electron chi connectivity index (χ3n) is 6.15. The van der Waals surface area contributed by atoms with Crippen molar-refractivity contribution in [3.05, 3.63) is 90.0 Å². The lowest BCUT2D eigenvalue weighted by molar-refractivity contribution is -0.140. The number of benzene rings is 3. The number of likely N-dealkylation sites (N-methyl/N-ethyl adjacent to an activating group) is 1. The van der Waals surface area contributed by atoms with E-state index in [4.69, 9.17) is 9.47 Å². The van der Waals surface area contributed by atoms with Crippen LogP contribution in [-0.2, 0) is 32.6 Å². The van der Waals surface area contributed by atoms with Crippen molar-refractivity contribution in [3.63, 3.8) is 0 Å². The summed E-state index contributed by atoms with van der Waals surface area (Å²) in [5.41, 5.74) is 1.86. The molecule has 10 heteroatoms. The zero-order valence-corrected chi connectivity index (χ0v) is 23.5. The van der Waals surface area contributed by atoms with Gasteiger partial charge >= 0.3 is 0 Å². The molecule has 39 heavy (non-hydrogen) atoms. The highest BCUT2D eigenvalue weighted by molar-refractivity contribution is 7.92. The highest BCUT2D eigenvalue weighted by Crippen LogP contribution is 2.33. The Morgan fingerprint density at radius 2 is 1.51 bits per heavy atom. The topological polar surface area (TPSA) is 105 Å². The first-order valence-corrected chi connectivity index (χ1v) is 14.4. The van der Waals surface area contributed by atoms with Gasteiger partial charge in [0.15, 0.2) is 0 Å². The number of nitrogens with one attached hydrogen (secondary N) is 1. The molecule has 1 atom stereocenters. The molecule has 3 aromatic carbocycles. The summed E-state index contributed by atoms with van der Waals surface area (Å²) in [5, 5.41) is 2.83. The molecule has 0 aliphatic heterocycles. The molecule has 0 aliphatic rings. The van der Waals surface area contributed by atoms with E-state index in [-0.39, 0.29) is 30.3 Å². The molecule has 2 amide bonds. The summed E-state index contributed by atoms with van der Waals surface area (Å²) in [4.78, 5) is 28.8. The maximum Gasteiger partial charge on any atom is 0.244 e. The number of ether oxygens (including phenoxy) is 2. The number of nitrogens with zero attached hydrogens (tertiary/aromatic N) is 2. The molecule has 1 unspecified atom stereocenters. The van der Waals surface area contributed by atoms with Crippen LogP contribution in [0.4, 0.5) is 5.69 Å². The van der Waals surface area contributed by atoms with Gasteiger partial charge in [0, 0.05) is 25.6 Å². The Bertz CT molecular complexity index is 1350. The monoisotopic (exact) mass is 553 g/mol. The molecule has 9 nitrogen and oxygen atoms in total. The summed E-state index contributed by atoms with van der Waals surface area (Å²) in [6, 6.07) is 22.5. The van der Waals surface area contributed by atoms with Crippen LogP contribution in [0.3, 0.4) is 0 Å². The average Bonchev–Trinajstić information content (AvgIpc) is 2.93. The maximum absolute atomic E-state index is 14.0.